The van der Waals surface area contributed by atoms with Gasteiger partial charge in [-0.2, -0.15) is 0 Å². The summed E-state index contributed by atoms with van der Waals surface area (Å²) < 4.78 is 5.66. The summed E-state index contributed by atoms with van der Waals surface area (Å²) in [7, 11) is 0. The Morgan fingerprint density at radius 2 is 2.33 bits per heavy atom. The molecule has 0 aromatic heterocycles. The van der Waals surface area contributed by atoms with E-state index in [9.17, 15) is 4.79 Å². The highest BCUT2D eigenvalue weighted by atomic mass is 16.5. The number of hydrogen-bond acceptors (Lipinski definition) is 3. The van der Waals surface area contributed by atoms with E-state index < -0.39 is 0 Å². The second-order valence-corrected chi connectivity index (χ2v) is 4.86. The number of rotatable bonds is 5. The molecule has 1 aliphatic heterocycles. The van der Waals surface area contributed by atoms with Crippen LogP contribution >= 0.6 is 0 Å². The normalized spacial score (nSPS) is 15.7. The first kappa shape index (κ1) is 13.1. The molecule has 18 heavy (non-hydrogen) atoms. The molecule has 3 nitrogen and oxygen atoms in total. The molecule has 3 heteroatoms. The van der Waals surface area contributed by atoms with Gasteiger partial charge in [0.15, 0.2) is 5.78 Å². The molecule has 1 atom stereocenters. The summed E-state index contributed by atoms with van der Waals surface area (Å²) in [4.78, 5) is 12.2. The van der Waals surface area contributed by atoms with Crippen LogP contribution in [0.25, 0.3) is 0 Å². The zero-order valence-electron chi connectivity index (χ0n) is 11.2. The first-order chi connectivity index (χ1) is 8.72. The van der Waals surface area contributed by atoms with Crippen molar-refractivity contribution >= 4 is 5.78 Å². The van der Waals surface area contributed by atoms with E-state index in [1.165, 1.54) is 0 Å². The summed E-state index contributed by atoms with van der Waals surface area (Å²) in [5.41, 5.74) is 1.89. The molecule has 0 amide bonds. The van der Waals surface area contributed by atoms with Crippen molar-refractivity contribution in [1.82, 2.24) is 5.32 Å². The van der Waals surface area contributed by atoms with Crippen molar-refractivity contribution in [3.63, 3.8) is 0 Å². The first-order valence-corrected chi connectivity index (χ1v) is 6.73. The molecule has 0 spiro atoms. The van der Waals surface area contributed by atoms with Gasteiger partial charge in [0.25, 0.3) is 0 Å². The van der Waals surface area contributed by atoms with Crippen molar-refractivity contribution in [1.29, 1.82) is 0 Å². The van der Waals surface area contributed by atoms with Crippen LogP contribution in [0.3, 0.4) is 0 Å². The van der Waals surface area contributed by atoms with Crippen LogP contribution in [-0.2, 0) is 6.42 Å². The third-order valence-corrected chi connectivity index (χ3v) is 3.46. The Labute approximate surface area is 109 Å². The molecule has 1 aromatic rings. The molecule has 0 aliphatic carbocycles. The van der Waals surface area contributed by atoms with Crippen molar-refractivity contribution in [2.75, 3.05) is 13.2 Å². The van der Waals surface area contributed by atoms with Crippen LogP contribution in [0.1, 0.15) is 42.6 Å². The summed E-state index contributed by atoms with van der Waals surface area (Å²) >= 11 is 0. The number of nitrogens with one attached hydrogen (secondary N) is 1. The second-order valence-electron chi connectivity index (χ2n) is 4.86. The van der Waals surface area contributed by atoms with Gasteiger partial charge in [0, 0.05) is 6.04 Å². The van der Waals surface area contributed by atoms with Crippen molar-refractivity contribution in [2.24, 2.45) is 0 Å². The molecule has 0 saturated heterocycles. The molecular weight excluding hydrogens is 226 g/mol. The van der Waals surface area contributed by atoms with Crippen LogP contribution in [-0.4, -0.2) is 25.0 Å². The van der Waals surface area contributed by atoms with E-state index in [1.807, 2.05) is 18.2 Å². The lowest BCUT2D eigenvalue weighted by atomic mass is 10.00. The summed E-state index contributed by atoms with van der Waals surface area (Å²) in [5, 5.41) is 3.23. The number of ether oxygens (including phenoxy) is 1. The van der Waals surface area contributed by atoms with E-state index in [1.54, 1.807) is 0 Å². The Bertz CT molecular complexity index is 429. The predicted octanol–water partition coefficient (Wildman–Crippen LogP) is 2.58. The van der Waals surface area contributed by atoms with E-state index in [4.69, 9.17) is 4.74 Å². The van der Waals surface area contributed by atoms with Gasteiger partial charge in [-0.3, -0.25) is 4.79 Å². The topological polar surface area (TPSA) is 38.3 Å². The SMILES string of the molecule is CCC(C)NCC(=O)c1cccc2c1OCCC2. The number of hydrogen-bond donors (Lipinski definition) is 1. The van der Waals surface area contributed by atoms with Gasteiger partial charge in [-0.15, -0.1) is 0 Å². The van der Waals surface area contributed by atoms with Crippen molar-refractivity contribution in [2.45, 2.75) is 39.2 Å². The molecule has 1 unspecified atom stereocenters. The van der Waals surface area contributed by atoms with Gasteiger partial charge < -0.3 is 10.1 Å². The van der Waals surface area contributed by atoms with Gasteiger partial charge in [-0.25, -0.2) is 0 Å². The smallest absolute Gasteiger partial charge is 0.180 e. The fraction of sp³-hybridized carbons (Fsp3) is 0.533. The van der Waals surface area contributed by atoms with Crippen LogP contribution < -0.4 is 10.1 Å². The Morgan fingerprint density at radius 1 is 1.50 bits per heavy atom. The number of ketones is 1. The van der Waals surface area contributed by atoms with Gasteiger partial charge in [0.05, 0.1) is 18.7 Å². The number of benzene rings is 1. The minimum Gasteiger partial charge on any atom is -0.493 e. The lowest BCUT2D eigenvalue weighted by Crippen LogP contribution is -2.31. The Kier molecular flexibility index (Phi) is 4.37. The lowest BCUT2D eigenvalue weighted by molar-refractivity contribution is 0.0982. The van der Waals surface area contributed by atoms with E-state index in [0.717, 1.165) is 42.7 Å². The standard InChI is InChI=1S/C15H21NO2/c1-3-11(2)16-10-14(17)13-8-4-6-12-7-5-9-18-15(12)13/h4,6,8,11,16H,3,5,7,9-10H2,1-2H3. The van der Waals surface area contributed by atoms with E-state index in [-0.39, 0.29) is 5.78 Å². The third-order valence-electron chi connectivity index (χ3n) is 3.46. The van der Waals surface area contributed by atoms with E-state index in [0.29, 0.717) is 12.6 Å². The third kappa shape index (κ3) is 2.91. The Balaban J connectivity index is 2.10. The van der Waals surface area contributed by atoms with Gasteiger partial charge >= 0.3 is 0 Å². The predicted molar refractivity (Wildman–Crippen MR) is 72.3 cm³/mol. The summed E-state index contributed by atoms with van der Waals surface area (Å²) in [6.07, 6.45) is 3.07. The monoisotopic (exact) mass is 247 g/mol. The van der Waals surface area contributed by atoms with Crippen molar-refractivity contribution in [3.05, 3.63) is 29.3 Å². The molecule has 1 aromatic carbocycles. The molecule has 1 aliphatic rings. The minimum absolute atomic E-state index is 0.119. The first-order valence-electron chi connectivity index (χ1n) is 6.73. The highest BCUT2D eigenvalue weighted by Gasteiger charge is 2.18. The van der Waals surface area contributed by atoms with Crippen LogP contribution in [0.2, 0.25) is 0 Å². The number of fused-ring (bicyclic) bond motifs is 1. The van der Waals surface area contributed by atoms with Crippen LogP contribution in [0, 0.1) is 0 Å². The Hall–Kier alpha value is -1.35. The molecule has 1 heterocycles. The lowest BCUT2D eigenvalue weighted by Gasteiger charge is -2.20. The number of carbonyl (C=O) groups excluding carboxylic acids is 1. The number of para-hydroxylation sites is 1. The molecule has 0 fully saturated rings. The zero-order chi connectivity index (χ0) is 13.0. The Morgan fingerprint density at radius 3 is 3.11 bits per heavy atom. The van der Waals surface area contributed by atoms with Gasteiger partial charge in [0.2, 0.25) is 0 Å². The van der Waals surface area contributed by atoms with Gasteiger partial charge in [-0.05, 0) is 37.8 Å². The van der Waals surface area contributed by atoms with Gasteiger partial charge in [-0.1, -0.05) is 19.1 Å². The van der Waals surface area contributed by atoms with E-state index >= 15 is 0 Å². The zero-order valence-corrected chi connectivity index (χ0v) is 11.2. The van der Waals surface area contributed by atoms with Crippen molar-refractivity contribution in [3.8, 4) is 5.75 Å². The molecule has 0 bridgehead atoms. The molecular formula is C15H21NO2. The maximum absolute atomic E-state index is 12.2. The quantitative estimate of drug-likeness (QED) is 0.813. The van der Waals surface area contributed by atoms with E-state index in [2.05, 4.69) is 19.2 Å². The van der Waals surface area contributed by atoms with Crippen LogP contribution in [0.5, 0.6) is 5.75 Å². The second kappa shape index (κ2) is 6.01. The number of aryl methyl sites for hydroxylation is 1. The fourth-order valence-corrected chi connectivity index (χ4v) is 2.12. The van der Waals surface area contributed by atoms with Gasteiger partial charge in [0.1, 0.15) is 5.75 Å². The number of carbonyl (C=O) groups is 1. The molecule has 98 valence electrons. The molecule has 2 rings (SSSR count). The average molecular weight is 247 g/mol. The minimum atomic E-state index is 0.119. The molecule has 1 N–H and O–H groups in total. The summed E-state index contributed by atoms with van der Waals surface area (Å²) in [6, 6.07) is 6.23. The highest BCUT2D eigenvalue weighted by Crippen LogP contribution is 2.28. The summed E-state index contributed by atoms with van der Waals surface area (Å²) in [6.45, 7) is 5.30. The fourth-order valence-electron chi connectivity index (χ4n) is 2.12. The maximum atomic E-state index is 12.2. The molecule has 0 saturated carbocycles. The number of Topliss-reactive ketones (excluding diaryl/α,β-unsaturated/α-hetero) is 1. The average Bonchev–Trinajstić information content (AvgIpc) is 2.43. The maximum Gasteiger partial charge on any atom is 0.180 e. The molecule has 0 radical (unpaired) electrons. The largest absolute Gasteiger partial charge is 0.493 e. The van der Waals surface area contributed by atoms with Crippen LogP contribution in [0.15, 0.2) is 18.2 Å². The summed E-state index contributed by atoms with van der Waals surface area (Å²) in [5.74, 6) is 0.925. The van der Waals surface area contributed by atoms with Crippen molar-refractivity contribution < 1.29 is 9.53 Å². The highest BCUT2D eigenvalue weighted by molar-refractivity contribution is 6.00. The van der Waals surface area contributed by atoms with Crippen LogP contribution in [0.4, 0.5) is 0 Å².